The van der Waals surface area contributed by atoms with Crippen LogP contribution in [-0.2, 0) is 4.74 Å². The predicted molar refractivity (Wildman–Crippen MR) is 101 cm³/mol. The van der Waals surface area contributed by atoms with Crippen molar-refractivity contribution in [1.29, 1.82) is 0 Å². The standard InChI is InChI=1S/C20H28BrNO3/c1-14(16-6-8-17(21)9-7-16)22-11-10-20(25-18(22)23,12-15-4-5-15)13-19(2,3)24/h6-9,14-15,24H,4-5,10-13H2,1-3H3/t14-,20+/m0/s1. The van der Waals surface area contributed by atoms with Crippen LogP contribution >= 0.6 is 15.9 Å². The van der Waals surface area contributed by atoms with Crippen LogP contribution in [0.15, 0.2) is 28.7 Å². The number of amides is 1. The smallest absolute Gasteiger partial charge is 0.410 e. The van der Waals surface area contributed by atoms with Gasteiger partial charge in [-0.15, -0.1) is 0 Å². The van der Waals surface area contributed by atoms with Crippen molar-refractivity contribution in [3.63, 3.8) is 0 Å². The lowest BCUT2D eigenvalue weighted by molar-refractivity contribution is -0.102. The molecule has 0 radical (unpaired) electrons. The molecule has 1 heterocycles. The zero-order valence-electron chi connectivity index (χ0n) is 15.3. The molecule has 1 aliphatic carbocycles. The molecule has 2 fully saturated rings. The number of carbonyl (C=O) groups excluding carboxylic acids is 1. The molecule has 2 aliphatic rings. The van der Waals surface area contributed by atoms with Crippen molar-refractivity contribution in [1.82, 2.24) is 4.90 Å². The second-order valence-corrected chi connectivity index (χ2v) is 9.27. The van der Waals surface area contributed by atoms with E-state index in [1.807, 2.05) is 31.2 Å². The fourth-order valence-corrected chi connectivity index (χ4v) is 4.22. The fraction of sp³-hybridized carbons (Fsp3) is 0.650. The van der Waals surface area contributed by atoms with Gasteiger partial charge in [0.2, 0.25) is 0 Å². The van der Waals surface area contributed by atoms with Crippen molar-refractivity contribution in [3.8, 4) is 0 Å². The maximum absolute atomic E-state index is 12.8. The van der Waals surface area contributed by atoms with E-state index in [1.165, 1.54) is 12.8 Å². The van der Waals surface area contributed by atoms with Gasteiger partial charge in [-0.25, -0.2) is 4.79 Å². The van der Waals surface area contributed by atoms with Crippen LogP contribution in [0.4, 0.5) is 4.79 Å². The van der Waals surface area contributed by atoms with Crippen LogP contribution in [0.25, 0.3) is 0 Å². The van der Waals surface area contributed by atoms with Gasteiger partial charge in [0, 0.05) is 23.9 Å². The number of halogens is 1. The average Bonchev–Trinajstić information content (AvgIpc) is 3.29. The highest BCUT2D eigenvalue weighted by atomic mass is 79.9. The first-order valence-corrected chi connectivity index (χ1v) is 9.94. The van der Waals surface area contributed by atoms with Crippen LogP contribution in [0.1, 0.15) is 64.5 Å². The summed E-state index contributed by atoms with van der Waals surface area (Å²) in [6, 6.07) is 8.02. The van der Waals surface area contributed by atoms with Gasteiger partial charge < -0.3 is 14.7 Å². The molecule has 2 atom stereocenters. The van der Waals surface area contributed by atoms with Crippen molar-refractivity contribution >= 4 is 22.0 Å². The maximum atomic E-state index is 12.8. The van der Waals surface area contributed by atoms with E-state index in [4.69, 9.17) is 4.74 Å². The minimum Gasteiger partial charge on any atom is -0.443 e. The molecule has 1 aliphatic heterocycles. The van der Waals surface area contributed by atoms with Crippen molar-refractivity contribution in [3.05, 3.63) is 34.3 Å². The molecule has 1 saturated carbocycles. The van der Waals surface area contributed by atoms with Crippen LogP contribution < -0.4 is 0 Å². The van der Waals surface area contributed by atoms with Gasteiger partial charge >= 0.3 is 6.09 Å². The van der Waals surface area contributed by atoms with Crippen LogP contribution in [0.5, 0.6) is 0 Å². The third-order valence-corrected chi connectivity index (χ3v) is 5.81. The molecule has 0 spiro atoms. The molecule has 4 nitrogen and oxygen atoms in total. The summed E-state index contributed by atoms with van der Waals surface area (Å²) in [5, 5.41) is 10.3. The van der Waals surface area contributed by atoms with Crippen LogP contribution in [0.3, 0.4) is 0 Å². The number of carbonyl (C=O) groups is 1. The van der Waals surface area contributed by atoms with Crippen molar-refractivity contribution < 1.29 is 14.6 Å². The first-order chi connectivity index (χ1) is 11.7. The monoisotopic (exact) mass is 409 g/mol. The normalized spacial score (nSPS) is 25.6. The summed E-state index contributed by atoms with van der Waals surface area (Å²) in [6.07, 6.45) is 4.33. The van der Waals surface area contributed by atoms with Crippen molar-refractivity contribution in [2.45, 2.75) is 70.1 Å². The molecule has 1 aromatic rings. The summed E-state index contributed by atoms with van der Waals surface area (Å²) in [5.41, 5.74) is -0.265. The second kappa shape index (κ2) is 6.92. The van der Waals surface area contributed by atoms with E-state index < -0.39 is 11.2 Å². The fourth-order valence-electron chi connectivity index (χ4n) is 3.96. The molecule has 0 aromatic heterocycles. The summed E-state index contributed by atoms with van der Waals surface area (Å²) < 4.78 is 7.02. The van der Waals surface area contributed by atoms with E-state index >= 15 is 0 Å². The Kier molecular flexibility index (Phi) is 5.18. The third-order valence-electron chi connectivity index (χ3n) is 5.28. The summed E-state index contributed by atoms with van der Waals surface area (Å²) in [7, 11) is 0. The highest BCUT2D eigenvalue weighted by molar-refractivity contribution is 9.10. The predicted octanol–water partition coefficient (Wildman–Crippen LogP) is 5.05. The third kappa shape index (κ3) is 4.76. The first-order valence-electron chi connectivity index (χ1n) is 9.15. The highest BCUT2D eigenvalue weighted by Gasteiger charge is 2.47. The topological polar surface area (TPSA) is 49.8 Å². The number of cyclic esters (lactones) is 1. The molecule has 1 amide bonds. The van der Waals surface area contributed by atoms with Crippen molar-refractivity contribution in [2.24, 2.45) is 5.92 Å². The van der Waals surface area contributed by atoms with E-state index in [0.29, 0.717) is 18.9 Å². The SMILES string of the molecule is C[C@@H](c1ccc(Br)cc1)N1CC[C@@](CC2CC2)(CC(C)(C)O)OC1=O. The molecule has 138 valence electrons. The lowest BCUT2D eigenvalue weighted by atomic mass is 9.81. The number of benzene rings is 1. The minimum atomic E-state index is -0.839. The van der Waals surface area contributed by atoms with Gasteiger partial charge in [0.1, 0.15) is 5.60 Å². The number of aliphatic hydroxyl groups is 1. The van der Waals surface area contributed by atoms with Crippen LogP contribution in [0, 0.1) is 5.92 Å². The van der Waals surface area contributed by atoms with Gasteiger partial charge in [0.15, 0.2) is 0 Å². The van der Waals surface area contributed by atoms with E-state index in [1.54, 1.807) is 18.7 Å². The largest absolute Gasteiger partial charge is 0.443 e. The Balaban J connectivity index is 1.73. The number of rotatable bonds is 6. The Morgan fingerprint density at radius 2 is 2.00 bits per heavy atom. The van der Waals surface area contributed by atoms with Gasteiger partial charge in [-0.2, -0.15) is 0 Å². The Morgan fingerprint density at radius 1 is 1.36 bits per heavy atom. The number of hydrogen-bond acceptors (Lipinski definition) is 3. The second-order valence-electron chi connectivity index (χ2n) is 8.36. The zero-order chi connectivity index (χ0) is 18.2. The molecule has 25 heavy (non-hydrogen) atoms. The van der Waals surface area contributed by atoms with Gasteiger partial charge in [0.25, 0.3) is 0 Å². The molecule has 1 N–H and O–H groups in total. The van der Waals surface area contributed by atoms with Gasteiger partial charge in [-0.1, -0.05) is 40.9 Å². The highest BCUT2D eigenvalue weighted by Crippen LogP contribution is 2.45. The zero-order valence-corrected chi connectivity index (χ0v) is 16.9. The summed E-state index contributed by atoms with van der Waals surface area (Å²) in [4.78, 5) is 14.6. The molecule has 0 bridgehead atoms. The van der Waals surface area contributed by atoms with Crippen LogP contribution in [0.2, 0.25) is 0 Å². The summed E-state index contributed by atoms with van der Waals surface area (Å²) >= 11 is 3.45. The molecule has 0 unspecified atom stereocenters. The molecule has 1 saturated heterocycles. The molecule has 3 rings (SSSR count). The van der Waals surface area contributed by atoms with Crippen LogP contribution in [-0.4, -0.2) is 33.8 Å². The van der Waals surface area contributed by atoms with Gasteiger partial charge in [-0.05, 0) is 50.8 Å². The summed E-state index contributed by atoms with van der Waals surface area (Å²) in [6.45, 7) is 6.30. The average molecular weight is 410 g/mol. The van der Waals surface area contributed by atoms with E-state index in [2.05, 4.69) is 15.9 Å². The Hall–Kier alpha value is -1.07. The van der Waals surface area contributed by atoms with Crippen molar-refractivity contribution in [2.75, 3.05) is 6.54 Å². The lowest BCUT2D eigenvalue weighted by Gasteiger charge is -2.45. The van der Waals surface area contributed by atoms with Gasteiger partial charge in [-0.3, -0.25) is 0 Å². The number of nitrogens with zero attached hydrogens (tertiary/aromatic N) is 1. The molecule has 1 aromatic carbocycles. The van der Waals surface area contributed by atoms with E-state index in [9.17, 15) is 9.90 Å². The van der Waals surface area contributed by atoms with Gasteiger partial charge in [0.05, 0.1) is 11.6 Å². The molecule has 5 heteroatoms. The molecular weight excluding hydrogens is 382 g/mol. The Morgan fingerprint density at radius 3 is 2.52 bits per heavy atom. The number of ether oxygens (including phenoxy) is 1. The summed E-state index contributed by atoms with van der Waals surface area (Å²) in [5.74, 6) is 0.644. The van der Waals surface area contributed by atoms with E-state index in [0.717, 1.165) is 22.9 Å². The number of hydrogen-bond donors (Lipinski definition) is 1. The molecular formula is C20H28BrNO3. The quantitative estimate of drug-likeness (QED) is 0.714. The Labute approximate surface area is 158 Å². The minimum absolute atomic E-state index is 0.0262. The lowest BCUT2D eigenvalue weighted by Crippen LogP contribution is -2.53. The van der Waals surface area contributed by atoms with E-state index in [-0.39, 0.29) is 12.1 Å². The maximum Gasteiger partial charge on any atom is 0.410 e. The first kappa shape index (κ1) is 18.7. The Bertz CT molecular complexity index is 621.